The van der Waals surface area contributed by atoms with Crippen LogP contribution >= 0.6 is 0 Å². The Balaban J connectivity index is -0.00000000258. The molecule has 0 radical (unpaired) electrons. The van der Waals surface area contributed by atoms with Gasteiger partial charge in [-0.25, -0.2) is 20.7 Å². The molecular weight excluding hydrogens is 1330 g/mol. The maximum Gasteiger partial charge on any atom is 0.252 e. The molecule has 0 saturated carbocycles. The van der Waals surface area contributed by atoms with Crippen molar-refractivity contribution in [3.8, 4) is 33.8 Å². The fourth-order valence-corrected chi connectivity index (χ4v) is 13.8. The Bertz CT molecular complexity index is 4420. The van der Waals surface area contributed by atoms with E-state index in [0.717, 1.165) is 37.5 Å². The van der Waals surface area contributed by atoms with E-state index in [0.29, 0.717) is 38.9 Å². The average Bonchev–Trinajstić information content (AvgIpc) is 0.961. The second-order valence-electron chi connectivity index (χ2n) is 27.7. The minimum atomic E-state index is -3.45. The van der Waals surface area contributed by atoms with Crippen LogP contribution < -0.4 is 31.3 Å². The third-order valence-electron chi connectivity index (χ3n) is 20.9. The predicted molar refractivity (Wildman–Crippen MR) is 871 cm³/mol. The van der Waals surface area contributed by atoms with E-state index in [4.69, 9.17) is 33.8 Å². The third kappa shape index (κ3) is 17.8. The summed E-state index contributed by atoms with van der Waals surface area (Å²) in [5.74, 6) is -14.8. The summed E-state index contributed by atoms with van der Waals surface area (Å²) in [4.78, 5) is 114. The lowest BCUT2D eigenvalue weighted by Gasteiger charge is -2.43. The lowest BCUT2D eigenvalue weighted by Crippen LogP contribution is -2.71. The molecule has 4 aromatic rings. The summed E-state index contributed by atoms with van der Waals surface area (Å²) in [6.45, 7) is 18.1. The predicted octanol–water partition coefficient (Wildman–Crippen LogP) is 62.4. The summed E-state index contributed by atoms with van der Waals surface area (Å²) in [6, 6.07) is 4.97. The number of aromatic hydroxyl groups is 1. The van der Waals surface area contributed by atoms with Gasteiger partial charge in [0, 0.05) is 376 Å². The number of aryl methyl sites for hydroxylation is 3. The molecule has 7 amide bonds. The van der Waals surface area contributed by atoms with Crippen molar-refractivity contribution in [2.24, 2.45) is 23.1 Å². The van der Waals surface area contributed by atoms with Crippen LogP contribution in [0.5, 0.6) is 11.5 Å². The van der Waals surface area contributed by atoms with Crippen LogP contribution in [0.2, 0.25) is 0 Å². The first-order valence-corrected chi connectivity index (χ1v) is 33.5. The Hall–Kier alpha value is -7.71. The number of rotatable bonds is 18. The molecule has 0 bridgehead atoms. The lowest BCUT2D eigenvalue weighted by atomic mass is 9.71. The molecule has 3 heterocycles. The Labute approximate surface area is 960 Å². The second kappa shape index (κ2) is 35.4. The SMILES string of the molecule is C.OOO.[2H]c1cc(-c2ccc(-c3ccc(C(=O)N[C@@H]4C(=O)N[C@@](C)([C@H](O)CC)C(=O)N5C[C@H](O)C[C@@]5(C)C(=O)N[C@@H]([C@H](O)[C@@H](O)c5ccc(O)c(C)c5C)C(=O)N[C@@H]([C@H](O)CC)C(=O)N5C(C)[C@](C)(C(C)C)[C@H](O)[C@H]5C(=O)N[C@H](OO)[C@H](O)C4C)c(C)c3)c(C)c2)c(C)cc1OC([2H])(C)C([2H])([2H])C([2H])(C)C([2H])([2H])C([2H])([2H])[2H].[HH].[HH].[HH].[HH].[HH].[HH].[HH].[HH].[HH].[HH].[HH].[HH].[HH].[HH].[HH].[HH].[HH].[HH].[HH].[HH].[HH].[HH].[HH].[HH].[HH].[HH].[HH].[HH].[HH].[HH].[HH].[HH].[HH].[HH].[HH].[HH].[HH].[HH].[HH].[HH].[HH].[HH].[HH].[HH].[HH].[HH].[HH].[HH].[HH].[HH].[HH].[HH].[HH].[HH].[HH].[HH].[HH].[HH].[HH].[HH].[HH].[HH].[HH].[HH].[HH].[HH].[HH].[HH].[HH].[HH].[HH].[HH].[HH].[HH].[HH].[HH].[HH].[HH].[HH].[HH].[HH].[HH].[HH].[HH].[HH].[HH].[HH].[HH].[HH].[HH].[HH].[HH].[HH].[HH].[HH].[HH].[HH].[HH].[HH].[HH].[HH].[HH].[HH].[HH].[HH].[HH].[HH].[HH].[HH].[HH].[HH].[HH].[HH].[HH].[HH].[HH].[HH].[HH].[HH].[HH].[HH].[HH].[HH].[HH].[HH].[HH].[HH].[HH].[HH].[HH].[HH].[HH].[HH].[HH].[HH].[HH].[HH].[HH].[HH].[HH].[HH].[HH].[HH].[HH].[HH].[HH].[HH].[HH].[HH].[HH].[HH].[HH].[HH].[HH].[HH].[HH].[HH].[HH].[HH].[HH].[HH].[HH].[HH].[HH].[HH].[HH].[HH].[HH].[HH].[HH].[HH].[HH].[HH].[HH].[HH].[HH].[HH].[HH].[HH].[HH].[HH].[HH].[HH].[HH].[HH].[HH].[HH].[HH].[HH].[HH].[HH].[HH].[HH].[HH].[HH].[HH].[HH].[HH].[HH].[HH].[HH].[HH].[HH].[HH].[HH].[HH].[HH].[HH].[HH].[HH].[HH].[HH].[HH].[HH].[HH].[HH].[HH].[HH].[HH].[HH].[HH].[HH].[HH].[HH].[HH].[HH].[HH].[HH].[HH].[HH].[HH]. The number of hydrogen-bond acceptors (Lipinski definition) is 21. The minimum absolute atomic E-state index is 0. The largest absolute Gasteiger partial charge is 0.508 e. The molecule has 103 heavy (non-hydrogen) atoms. The molecule has 1034 valence electrons. The zero-order valence-electron chi connectivity index (χ0n) is 70.2. The fraction of sp³-hybridized carbons (Fsp3) is 0.587. The molecule has 7 rings (SSSR count). The van der Waals surface area contributed by atoms with E-state index >= 15 is 33.6 Å². The molecule has 4 unspecified atom stereocenters. The molecule has 0 aliphatic carbocycles. The van der Waals surface area contributed by atoms with Crippen LogP contribution in [-0.2, 0) is 38.7 Å². The number of phenolic OH excluding ortho intramolecular Hbond substituents is 1. The number of ether oxygens (including phenoxy) is 1. The monoisotopic (exact) mass is 1920 g/mol. The Morgan fingerprint density at radius 2 is 1.40 bits per heavy atom. The van der Waals surface area contributed by atoms with E-state index in [2.05, 4.69) is 31.6 Å². The standard InChI is InChI=1S/C74H105N7O18.CH4.H2O3.231H2/c1-18-36(6)29-40(10)98-48-23-26-50(39(9)32-48)45-21-24-49(37(7)30-45)46-22-25-51(38(8)31-46)64(90)75-56-43(13)60(86)68(99-97)78-67(93)59-63(89)73(16,35(4)5)44(14)81(59)69(94)57(53(83)19-2)76-65(91)58(62(88)61(87)52-27-28-54(84)42(12)41(52)11)77-70(95)72(15)33-47(82)34-80(72)71(96)74(17,55(85)20-3)79-66(56)92;;1-3-2;;;;;;;;;;;;;;;;;;;;;;;;;;;;;;;;;;;;;;;;;;;;;;;;;;;;;;;;;;;;;;;;;;;;;;;;;;;;;;;;;;;;;;;;;;;;;;;;;;;;;;;;;;;;;;;;;;;;;;;;;;;;;;;;;;;;;;;;;;;;;;;;;;;;;;;;;;;;;;;;;;;;;;;;;;;;;;;;;;;;;;;;;;;;;;;;;;;;;;;;;;;;;;;;;;;;;;;;;;;;;;;;;;;;;;;/h21-28,30-32,35-36,40,43-44,47,53,55-63,68,82-89,97H,18-20,29,33-34H2,1-17H3,(H,75,90)(H,76,91)(H,77,95)(H,78,93)(H,79,92);1H4;1-2H;231*1H/t36?,40?,43?,44?,47-,53-,55-,56+,57+,58+,59+,60-,61+,62+,63-,68-,72+,73+,74+;;;;;;;;;;;;;;;;;;;;;;;;;;;;;;;;;;;;;;;;;;;;;;;;;;;;;;;;;;;;;;;;;;;;;;;;;;;;;;;;;;;;;;;;;;;;;;;;;;;;;;;;;;;;;;;;;;;;;;;;;;;;;;;;;;;;;;;;;;;;;;;;;;;;;;;;;;;;;;;;;;;;;;;;;;;;;;;;;;;;;;;;;;;;;;;;;;;;;;;;;;;;;;;;;;;;;;;;;;;;;;;;;;;;;;;;;/m1........................................................................................................................................................................................................................................./s1/i1D3,18D2,23D,29D2,36D,40D;;;;;;;;;;;;;;;;;;;;;;;;;;;;;;;;;;;;;;;;;;;;;;;;;;;;;;;;;;;;;;;;;;;;;;;;;;;;;;;;;;;;;;;;;;;;;;;;;;;;;;;;;;;;;;;;;;;;;;;;;;;;;;;;;;;;;;;;;;;;;;;;;;;;;;;;;;;;;;;;;;;;;;;;;;;;;;;;;;;;;;;;;;;;;;;;;;;;;;;;;;;;;;;;;;;;;;;;;;;;;;;;;;;;;;;;;. The van der Waals surface area contributed by atoms with E-state index in [1.54, 1.807) is 71.9 Å². The van der Waals surface area contributed by atoms with E-state index in [9.17, 15) is 46.1 Å². The van der Waals surface area contributed by atoms with Gasteiger partial charge in [0.15, 0.2) is 6.23 Å². The molecule has 28 nitrogen and oxygen atoms in total. The smallest absolute Gasteiger partial charge is 0.252 e. The lowest BCUT2D eigenvalue weighted by molar-refractivity contribution is -0.465. The van der Waals surface area contributed by atoms with Gasteiger partial charge in [0.25, 0.3) is 11.8 Å². The summed E-state index contributed by atoms with van der Waals surface area (Å²) in [7, 11) is 0. The van der Waals surface area contributed by atoms with E-state index in [-0.39, 0.29) is 390 Å². The number of carbonyl (C=O) groups is 7. The quantitative estimate of drug-likeness (QED) is 0.0325. The van der Waals surface area contributed by atoms with Gasteiger partial charge in [-0.3, -0.25) is 33.6 Å². The first-order valence-electron chi connectivity index (χ1n) is 38.5. The summed E-state index contributed by atoms with van der Waals surface area (Å²) in [5, 5.41) is 133. The van der Waals surface area contributed by atoms with Crippen molar-refractivity contribution in [3.05, 3.63) is 106 Å². The van der Waals surface area contributed by atoms with Crippen molar-refractivity contribution in [2.45, 2.75) is 253 Å². The molecule has 3 saturated heterocycles. The summed E-state index contributed by atoms with van der Waals surface area (Å²) in [6.07, 6.45) is -27.0. The van der Waals surface area contributed by atoms with Gasteiger partial charge in [0.05, 0.1) is 33.2 Å². The van der Waals surface area contributed by atoms with Gasteiger partial charge in [-0.15, -0.1) is 0 Å². The highest BCUT2D eigenvalue weighted by molar-refractivity contribution is 6.03. The number of hydrogen-bond donors (Lipinski definition) is 16. The van der Waals surface area contributed by atoms with Crippen LogP contribution in [0.3, 0.4) is 0 Å². The minimum Gasteiger partial charge on any atom is -0.508 e. The number of nitrogens with zero attached hydrogens (tertiary/aromatic N) is 2. The number of β-amino-alcohol motifs (C(OH)–C–C–N with tert-alkyl or cyclic N) is 1. The van der Waals surface area contributed by atoms with Crippen LogP contribution in [0.25, 0.3) is 22.3 Å². The number of aliphatic hydroxyl groups is 7. The van der Waals surface area contributed by atoms with Gasteiger partial charge in [-0.2, -0.15) is 0 Å². The number of fused-ring (bicyclic) bond motifs is 2. The number of benzene rings is 4. The summed E-state index contributed by atoms with van der Waals surface area (Å²) >= 11 is 0. The highest BCUT2D eigenvalue weighted by atomic mass is 17.4. The highest BCUT2D eigenvalue weighted by Crippen LogP contribution is 2.47. The highest BCUT2D eigenvalue weighted by Gasteiger charge is 2.62. The zero-order chi connectivity index (χ0) is 85.5. The molecule has 4 aromatic carbocycles. The van der Waals surface area contributed by atoms with Gasteiger partial charge in [-0.1, -0.05) is 117 Å². The third-order valence-corrected chi connectivity index (χ3v) is 20.9. The number of phenols is 1. The molecular formula is C75H573N7O21. The summed E-state index contributed by atoms with van der Waals surface area (Å²) < 4.78 is 88.9. The molecule has 3 aliphatic heterocycles. The topological polar surface area (TPSA) is 436 Å². The van der Waals surface area contributed by atoms with E-state index in [1.807, 2.05) is 0 Å². The van der Waals surface area contributed by atoms with Crippen molar-refractivity contribution >= 4 is 41.4 Å². The summed E-state index contributed by atoms with van der Waals surface area (Å²) in [5.41, 5.74) is -2.26. The number of amides is 7. The van der Waals surface area contributed by atoms with Gasteiger partial charge < -0.3 is 82.0 Å². The maximum atomic E-state index is 15.6. The molecule has 19 atom stereocenters. The average molecular weight is 1920 g/mol. The van der Waals surface area contributed by atoms with E-state index in [1.165, 1.54) is 71.9 Å². The van der Waals surface area contributed by atoms with Gasteiger partial charge in [-0.05, 0) is 173 Å². The van der Waals surface area contributed by atoms with Gasteiger partial charge in [0.1, 0.15) is 65.1 Å². The van der Waals surface area contributed by atoms with Crippen LogP contribution in [0, 0.1) is 57.8 Å². The van der Waals surface area contributed by atoms with Crippen molar-refractivity contribution in [3.63, 3.8) is 0 Å². The number of nitrogens with one attached hydrogen (secondary N) is 5. The second-order valence-corrected chi connectivity index (χ2v) is 27.7. The number of carbonyl (C=O) groups excluding carboxylic acids is 7. The molecule has 0 aromatic heterocycles. The maximum absolute atomic E-state index is 15.6. The van der Waals surface area contributed by atoms with Crippen LogP contribution in [0.4, 0.5) is 0 Å². The van der Waals surface area contributed by atoms with Crippen molar-refractivity contribution in [1.82, 2.24) is 36.4 Å². The fourth-order valence-electron chi connectivity index (χ4n) is 13.8. The Morgan fingerprint density at radius 1 is 0.796 bits per heavy atom. The van der Waals surface area contributed by atoms with Crippen LogP contribution in [-0.4, -0.2) is 205 Å². The zero-order valence-corrected chi connectivity index (χ0v) is 60.2. The number of aliphatic hydroxyl groups excluding tert-OH is 7. The first kappa shape index (κ1) is 70.9. The van der Waals surface area contributed by atoms with Crippen molar-refractivity contribution in [1.29, 1.82) is 0 Å². The Morgan fingerprint density at radius 3 is 1.97 bits per heavy atom. The van der Waals surface area contributed by atoms with Crippen LogP contribution in [0.1, 0.15) is 516 Å². The molecule has 16 N–H and O–H groups in total. The molecule has 28 heteroatoms. The normalized spacial score (nSPS) is 30.9. The molecule has 3 fully saturated rings. The van der Waals surface area contributed by atoms with Crippen molar-refractivity contribution in [2.75, 3.05) is 6.54 Å². The molecule has 3 aliphatic rings. The first-order chi connectivity index (χ1) is 51.5. The van der Waals surface area contributed by atoms with Gasteiger partial charge >= 0.3 is 0 Å². The van der Waals surface area contributed by atoms with Crippen molar-refractivity contribution < 1.29 is 448 Å². The van der Waals surface area contributed by atoms with Gasteiger partial charge in [0.2, 0.25) is 29.5 Å². The van der Waals surface area contributed by atoms with Crippen LogP contribution in [0.15, 0.2) is 66.7 Å². The molecule has 0 spiro atoms. The van der Waals surface area contributed by atoms with E-state index < -0.39 is 193 Å². The Kier molecular flexibility index (Phi) is 24.4.